The molecule has 0 aliphatic carbocycles. The Hall–Kier alpha value is -2.61. The lowest BCUT2D eigenvalue weighted by molar-refractivity contribution is -0.384. The number of nitro groups is 1. The number of anilines is 1. The summed E-state index contributed by atoms with van der Waals surface area (Å²) in [6.07, 6.45) is 0. The van der Waals surface area contributed by atoms with E-state index in [9.17, 15) is 14.9 Å². The standard InChI is InChI=1S/C16H15BrN2O5/c1-2-23-14-5-3-4-6-15(14)24-10-16(20)18-13-8-7-11(19(21)22)9-12(13)17/h3-9H,2,10H2,1H3,(H,18,20). The van der Waals surface area contributed by atoms with Gasteiger partial charge in [0.2, 0.25) is 0 Å². The highest BCUT2D eigenvalue weighted by molar-refractivity contribution is 9.10. The molecule has 0 unspecified atom stereocenters. The number of non-ortho nitro benzene ring substituents is 1. The van der Waals surface area contributed by atoms with Crippen LogP contribution >= 0.6 is 15.9 Å². The zero-order valence-corrected chi connectivity index (χ0v) is 14.4. The van der Waals surface area contributed by atoms with Crippen LogP contribution < -0.4 is 14.8 Å². The molecule has 2 aromatic rings. The number of halogens is 1. The molecule has 8 heteroatoms. The SMILES string of the molecule is CCOc1ccccc1OCC(=O)Nc1ccc([N+](=O)[O-])cc1Br. The minimum atomic E-state index is -0.510. The van der Waals surface area contributed by atoms with E-state index in [-0.39, 0.29) is 12.3 Å². The average molecular weight is 395 g/mol. The number of amides is 1. The Labute approximate surface area is 146 Å². The van der Waals surface area contributed by atoms with E-state index in [4.69, 9.17) is 9.47 Å². The highest BCUT2D eigenvalue weighted by Gasteiger charge is 2.12. The van der Waals surface area contributed by atoms with Crippen LogP contribution in [0.4, 0.5) is 11.4 Å². The van der Waals surface area contributed by atoms with E-state index in [0.717, 1.165) is 0 Å². The molecule has 0 atom stereocenters. The molecule has 0 radical (unpaired) electrons. The Bertz CT molecular complexity index is 751. The van der Waals surface area contributed by atoms with E-state index >= 15 is 0 Å². The molecule has 0 aliphatic rings. The van der Waals surface area contributed by atoms with Gasteiger partial charge in [-0.2, -0.15) is 0 Å². The molecule has 1 N–H and O–H groups in total. The Morgan fingerprint density at radius 2 is 1.88 bits per heavy atom. The van der Waals surface area contributed by atoms with E-state index in [1.54, 1.807) is 18.2 Å². The van der Waals surface area contributed by atoms with E-state index in [1.165, 1.54) is 18.2 Å². The smallest absolute Gasteiger partial charge is 0.270 e. The van der Waals surface area contributed by atoms with Crippen molar-refractivity contribution >= 4 is 33.2 Å². The molecule has 0 spiro atoms. The van der Waals surface area contributed by atoms with Gasteiger partial charge in [0.15, 0.2) is 18.1 Å². The van der Waals surface area contributed by atoms with Crippen LogP contribution in [-0.4, -0.2) is 24.0 Å². The molecule has 0 saturated carbocycles. The second kappa shape index (κ2) is 8.30. The van der Waals surface area contributed by atoms with Crippen LogP contribution in [0.1, 0.15) is 6.92 Å². The average Bonchev–Trinajstić information content (AvgIpc) is 2.56. The highest BCUT2D eigenvalue weighted by Crippen LogP contribution is 2.28. The van der Waals surface area contributed by atoms with Crippen molar-refractivity contribution in [2.45, 2.75) is 6.92 Å². The van der Waals surface area contributed by atoms with Gasteiger partial charge in [-0.1, -0.05) is 12.1 Å². The maximum absolute atomic E-state index is 12.0. The minimum absolute atomic E-state index is 0.0678. The van der Waals surface area contributed by atoms with Gasteiger partial charge in [0.05, 0.1) is 17.2 Å². The first-order chi connectivity index (χ1) is 11.5. The number of nitro benzene ring substituents is 1. The second-order valence-corrected chi connectivity index (χ2v) is 5.49. The van der Waals surface area contributed by atoms with Gasteiger partial charge < -0.3 is 14.8 Å². The third kappa shape index (κ3) is 4.69. The summed E-state index contributed by atoms with van der Waals surface area (Å²) in [5.41, 5.74) is 0.356. The van der Waals surface area contributed by atoms with Gasteiger partial charge in [0.25, 0.3) is 11.6 Å². The van der Waals surface area contributed by atoms with Crippen molar-refractivity contribution in [1.29, 1.82) is 0 Å². The van der Waals surface area contributed by atoms with Crippen molar-refractivity contribution in [1.82, 2.24) is 0 Å². The Morgan fingerprint density at radius 1 is 1.21 bits per heavy atom. The van der Waals surface area contributed by atoms with Gasteiger partial charge >= 0.3 is 0 Å². The highest BCUT2D eigenvalue weighted by atomic mass is 79.9. The molecular formula is C16H15BrN2O5. The number of hydrogen-bond donors (Lipinski definition) is 1. The van der Waals surface area contributed by atoms with E-state index < -0.39 is 10.8 Å². The van der Waals surface area contributed by atoms with E-state index in [1.807, 2.05) is 13.0 Å². The summed E-state index contributed by atoms with van der Waals surface area (Å²) in [5, 5.41) is 13.3. The lowest BCUT2D eigenvalue weighted by Crippen LogP contribution is -2.20. The number of hydrogen-bond acceptors (Lipinski definition) is 5. The van der Waals surface area contributed by atoms with E-state index in [2.05, 4.69) is 21.2 Å². The van der Waals surface area contributed by atoms with Crippen molar-refractivity contribution in [3.63, 3.8) is 0 Å². The monoisotopic (exact) mass is 394 g/mol. The third-order valence-corrected chi connectivity index (χ3v) is 3.60. The predicted octanol–water partition coefficient (Wildman–Crippen LogP) is 3.77. The third-order valence-electron chi connectivity index (χ3n) is 2.95. The maximum Gasteiger partial charge on any atom is 0.270 e. The van der Waals surface area contributed by atoms with Crippen LogP contribution in [0.5, 0.6) is 11.5 Å². The number of carbonyl (C=O) groups is 1. The molecule has 0 fully saturated rings. The van der Waals surface area contributed by atoms with Crippen molar-refractivity contribution in [3.05, 3.63) is 57.1 Å². The Morgan fingerprint density at radius 3 is 2.46 bits per heavy atom. The molecule has 0 heterocycles. The lowest BCUT2D eigenvalue weighted by atomic mass is 10.3. The zero-order valence-electron chi connectivity index (χ0n) is 12.8. The summed E-state index contributed by atoms with van der Waals surface area (Å²) < 4.78 is 11.3. The molecule has 2 aromatic carbocycles. The molecule has 7 nitrogen and oxygen atoms in total. The molecule has 0 aromatic heterocycles. The number of nitrogens with one attached hydrogen (secondary N) is 1. The normalized spacial score (nSPS) is 10.1. The molecular weight excluding hydrogens is 380 g/mol. The number of benzene rings is 2. The van der Waals surface area contributed by atoms with Crippen molar-refractivity contribution < 1.29 is 19.2 Å². The van der Waals surface area contributed by atoms with Crippen molar-refractivity contribution in [3.8, 4) is 11.5 Å². The first-order valence-corrected chi connectivity index (χ1v) is 7.89. The molecule has 24 heavy (non-hydrogen) atoms. The molecule has 2 rings (SSSR count). The number of ether oxygens (including phenoxy) is 2. The molecule has 126 valence electrons. The number of rotatable bonds is 7. The molecule has 0 aliphatic heterocycles. The van der Waals surface area contributed by atoms with Crippen LogP contribution in [0.3, 0.4) is 0 Å². The van der Waals surface area contributed by atoms with Gasteiger partial charge in [-0.25, -0.2) is 0 Å². The Kier molecular flexibility index (Phi) is 6.14. The van der Waals surface area contributed by atoms with Crippen LogP contribution in [0.25, 0.3) is 0 Å². The lowest BCUT2D eigenvalue weighted by Gasteiger charge is -2.12. The Balaban J connectivity index is 1.98. The number of nitrogens with zero attached hydrogens (tertiary/aromatic N) is 1. The zero-order chi connectivity index (χ0) is 17.5. The van der Waals surface area contributed by atoms with Gasteiger partial charge in [-0.3, -0.25) is 14.9 Å². The quantitative estimate of drug-likeness (QED) is 0.569. The predicted molar refractivity (Wildman–Crippen MR) is 92.5 cm³/mol. The van der Waals surface area contributed by atoms with Crippen molar-refractivity contribution in [2.75, 3.05) is 18.5 Å². The molecule has 1 amide bonds. The van der Waals surface area contributed by atoms with Gasteiger partial charge in [0.1, 0.15) is 0 Å². The molecule has 0 bridgehead atoms. The van der Waals surface area contributed by atoms with Crippen LogP contribution in [0.2, 0.25) is 0 Å². The summed E-state index contributed by atoms with van der Waals surface area (Å²) in [4.78, 5) is 22.2. The maximum atomic E-state index is 12.0. The topological polar surface area (TPSA) is 90.7 Å². The summed E-state index contributed by atoms with van der Waals surface area (Å²) in [6.45, 7) is 2.13. The molecule has 0 saturated heterocycles. The van der Waals surface area contributed by atoms with Gasteiger partial charge in [-0.15, -0.1) is 0 Å². The first-order valence-electron chi connectivity index (χ1n) is 7.09. The fourth-order valence-electron chi connectivity index (χ4n) is 1.89. The largest absolute Gasteiger partial charge is 0.490 e. The van der Waals surface area contributed by atoms with Crippen LogP contribution in [0, 0.1) is 10.1 Å². The minimum Gasteiger partial charge on any atom is -0.490 e. The fourth-order valence-corrected chi connectivity index (χ4v) is 2.36. The summed E-state index contributed by atoms with van der Waals surface area (Å²) >= 11 is 3.19. The van der Waals surface area contributed by atoms with Gasteiger partial charge in [-0.05, 0) is 41.1 Å². The summed E-state index contributed by atoms with van der Waals surface area (Å²) in [7, 11) is 0. The van der Waals surface area contributed by atoms with Crippen LogP contribution in [-0.2, 0) is 4.79 Å². The fraction of sp³-hybridized carbons (Fsp3) is 0.188. The van der Waals surface area contributed by atoms with Crippen molar-refractivity contribution in [2.24, 2.45) is 0 Å². The van der Waals surface area contributed by atoms with Crippen LogP contribution in [0.15, 0.2) is 46.9 Å². The summed E-state index contributed by atoms with van der Waals surface area (Å²) in [5.74, 6) is 0.637. The number of carbonyl (C=O) groups excluding carboxylic acids is 1. The first kappa shape index (κ1) is 17.7. The van der Waals surface area contributed by atoms with E-state index in [0.29, 0.717) is 28.3 Å². The van der Waals surface area contributed by atoms with Gasteiger partial charge in [0, 0.05) is 16.6 Å². The second-order valence-electron chi connectivity index (χ2n) is 4.64. The number of para-hydroxylation sites is 2. The summed E-state index contributed by atoms with van der Waals surface area (Å²) in [6, 6.07) is 11.1.